The van der Waals surface area contributed by atoms with Crippen LogP contribution in [-0.2, 0) is 6.54 Å². The Morgan fingerprint density at radius 1 is 0.914 bits per heavy atom. The summed E-state index contributed by atoms with van der Waals surface area (Å²) in [5.74, 6) is 7.47. The number of aromatic nitrogens is 1. The number of pyridine rings is 1. The Bertz CT molecular complexity index is 1320. The van der Waals surface area contributed by atoms with Crippen LogP contribution in [0.3, 0.4) is 0 Å². The quantitative estimate of drug-likeness (QED) is 0.313. The number of rotatable bonds is 7. The smallest absolute Gasteiger partial charge is 0.122 e. The molecule has 0 spiro atoms. The van der Waals surface area contributed by atoms with Crippen LogP contribution in [0.25, 0.3) is 11.1 Å². The molecular weight excluding hydrogens is 456 g/mol. The SMILES string of the molecule is Cc1cc(C#Cc2ccc(-c3ccc(Cl)cc3)cn2)ccc1OCCN(C)Cc1ccc(O)cc1. The van der Waals surface area contributed by atoms with E-state index in [2.05, 4.69) is 28.8 Å². The Kier molecular flexibility index (Phi) is 8.05. The van der Waals surface area contributed by atoms with E-state index in [9.17, 15) is 5.11 Å². The molecule has 0 aliphatic rings. The molecule has 35 heavy (non-hydrogen) atoms. The maximum absolute atomic E-state index is 9.40. The maximum atomic E-state index is 9.40. The van der Waals surface area contributed by atoms with E-state index >= 15 is 0 Å². The Hall–Kier alpha value is -3.78. The number of aromatic hydroxyl groups is 1. The van der Waals surface area contributed by atoms with Crippen LogP contribution in [0.2, 0.25) is 5.02 Å². The first kappa shape index (κ1) is 24.3. The number of hydrogen-bond acceptors (Lipinski definition) is 4. The van der Waals surface area contributed by atoms with E-state index in [1.165, 1.54) is 0 Å². The lowest BCUT2D eigenvalue weighted by molar-refractivity contribution is 0.232. The summed E-state index contributed by atoms with van der Waals surface area (Å²) in [4.78, 5) is 6.66. The van der Waals surface area contributed by atoms with Crippen molar-refractivity contribution in [2.24, 2.45) is 0 Å². The van der Waals surface area contributed by atoms with Crippen LogP contribution >= 0.6 is 11.6 Å². The van der Waals surface area contributed by atoms with Gasteiger partial charge in [0, 0.05) is 35.4 Å². The molecule has 0 aliphatic carbocycles. The van der Waals surface area contributed by atoms with Gasteiger partial charge in [-0.15, -0.1) is 0 Å². The van der Waals surface area contributed by atoms with E-state index in [4.69, 9.17) is 16.3 Å². The molecule has 4 nitrogen and oxygen atoms in total. The number of phenols is 1. The minimum absolute atomic E-state index is 0.284. The number of phenolic OH excluding ortho intramolecular Hbond substituents is 1. The highest BCUT2D eigenvalue weighted by Crippen LogP contribution is 2.21. The van der Waals surface area contributed by atoms with Crippen LogP contribution < -0.4 is 4.74 Å². The summed E-state index contributed by atoms with van der Waals surface area (Å²) in [7, 11) is 2.05. The van der Waals surface area contributed by atoms with Gasteiger partial charge in [0.15, 0.2) is 0 Å². The number of benzene rings is 3. The molecule has 0 amide bonds. The molecule has 0 radical (unpaired) electrons. The lowest BCUT2D eigenvalue weighted by Gasteiger charge is -2.17. The topological polar surface area (TPSA) is 45.6 Å². The van der Waals surface area contributed by atoms with Gasteiger partial charge in [0.2, 0.25) is 0 Å². The lowest BCUT2D eigenvalue weighted by Crippen LogP contribution is -2.24. The fourth-order valence-corrected chi connectivity index (χ4v) is 3.74. The van der Waals surface area contributed by atoms with Gasteiger partial charge in [-0.1, -0.05) is 47.9 Å². The normalized spacial score (nSPS) is 10.6. The van der Waals surface area contributed by atoms with E-state index in [1.54, 1.807) is 12.1 Å². The molecule has 3 aromatic carbocycles. The highest BCUT2D eigenvalue weighted by molar-refractivity contribution is 6.30. The van der Waals surface area contributed by atoms with Crippen LogP contribution in [0.1, 0.15) is 22.4 Å². The monoisotopic (exact) mass is 482 g/mol. The summed E-state index contributed by atoms with van der Waals surface area (Å²) in [5.41, 5.74) is 5.93. The molecule has 0 aliphatic heterocycles. The van der Waals surface area contributed by atoms with Gasteiger partial charge in [0.05, 0.1) is 0 Å². The molecule has 1 N–H and O–H groups in total. The third-order valence-corrected chi connectivity index (χ3v) is 5.82. The number of nitrogens with zero attached hydrogens (tertiary/aromatic N) is 2. The average molecular weight is 483 g/mol. The average Bonchev–Trinajstić information content (AvgIpc) is 2.86. The van der Waals surface area contributed by atoms with Crippen molar-refractivity contribution in [3.05, 3.63) is 112 Å². The number of halogens is 1. The third kappa shape index (κ3) is 7.10. The van der Waals surface area contributed by atoms with Crippen LogP contribution in [0.15, 0.2) is 85.1 Å². The van der Waals surface area contributed by atoms with Crippen LogP contribution in [0.5, 0.6) is 11.5 Å². The van der Waals surface area contributed by atoms with Gasteiger partial charge in [-0.2, -0.15) is 0 Å². The molecule has 0 unspecified atom stereocenters. The van der Waals surface area contributed by atoms with Crippen LogP contribution in [-0.4, -0.2) is 35.2 Å². The molecule has 1 aromatic heterocycles. The van der Waals surface area contributed by atoms with E-state index in [-0.39, 0.29) is 5.75 Å². The van der Waals surface area contributed by atoms with Gasteiger partial charge in [-0.25, -0.2) is 4.98 Å². The van der Waals surface area contributed by atoms with Gasteiger partial charge in [-0.05, 0) is 85.1 Å². The fourth-order valence-electron chi connectivity index (χ4n) is 3.61. The Balaban J connectivity index is 1.30. The zero-order valence-electron chi connectivity index (χ0n) is 19.8. The van der Waals surface area contributed by atoms with Crippen molar-refractivity contribution < 1.29 is 9.84 Å². The molecule has 176 valence electrons. The minimum Gasteiger partial charge on any atom is -0.508 e. The molecule has 5 heteroatoms. The van der Waals surface area contributed by atoms with Crippen molar-refractivity contribution in [3.8, 4) is 34.5 Å². The summed E-state index contributed by atoms with van der Waals surface area (Å²) >= 11 is 5.96. The molecule has 0 bridgehead atoms. The van der Waals surface area contributed by atoms with E-state index < -0.39 is 0 Å². The van der Waals surface area contributed by atoms with Crippen molar-refractivity contribution in [1.29, 1.82) is 0 Å². The molecule has 0 saturated carbocycles. The van der Waals surface area contributed by atoms with Crippen LogP contribution in [0, 0.1) is 18.8 Å². The Labute approximate surface area is 211 Å². The molecule has 4 rings (SSSR count). The van der Waals surface area contributed by atoms with Crippen LogP contribution in [0.4, 0.5) is 0 Å². The third-order valence-electron chi connectivity index (χ3n) is 5.57. The van der Waals surface area contributed by atoms with Crippen molar-refractivity contribution in [2.75, 3.05) is 20.2 Å². The van der Waals surface area contributed by atoms with Gasteiger partial charge in [0.1, 0.15) is 23.8 Å². The summed E-state index contributed by atoms with van der Waals surface area (Å²) in [6.07, 6.45) is 1.83. The summed E-state index contributed by atoms with van der Waals surface area (Å²) in [6, 6.07) is 24.9. The maximum Gasteiger partial charge on any atom is 0.122 e. The van der Waals surface area contributed by atoms with E-state index in [1.807, 2.05) is 79.9 Å². The first-order valence-electron chi connectivity index (χ1n) is 11.4. The molecule has 0 saturated heterocycles. The molecule has 1 heterocycles. The molecule has 0 fully saturated rings. The van der Waals surface area contributed by atoms with Gasteiger partial charge >= 0.3 is 0 Å². The number of ether oxygens (including phenoxy) is 1. The highest BCUT2D eigenvalue weighted by atomic mass is 35.5. The second-order valence-electron chi connectivity index (χ2n) is 8.42. The number of hydrogen-bond donors (Lipinski definition) is 1. The zero-order chi connectivity index (χ0) is 24.6. The molecule has 0 atom stereocenters. The first-order valence-corrected chi connectivity index (χ1v) is 11.8. The predicted octanol–water partition coefficient (Wildman–Crippen LogP) is 6.33. The summed E-state index contributed by atoms with van der Waals surface area (Å²) < 4.78 is 5.99. The lowest BCUT2D eigenvalue weighted by atomic mass is 10.1. The van der Waals surface area contributed by atoms with Crippen molar-refractivity contribution in [1.82, 2.24) is 9.88 Å². The van der Waals surface area contributed by atoms with Gasteiger partial charge in [-0.3, -0.25) is 4.90 Å². The van der Waals surface area contributed by atoms with Gasteiger partial charge < -0.3 is 9.84 Å². The standard InChI is InChI=1S/C30H27ClN2O2/c1-22-19-23(3-12-28-13-9-26(20-32-28)25-7-10-27(31)11-8-25)6-16-30(22)35-18-17-33(2)21-24-4-14-29(34)15-5-24/h4-11,13-16,19-20,34H,17-18,21H2,1-2H3. The van der Waals surface area contributed by atoms with Crippen molar-refractivity contribution in [2.45, 2.75) is 13.5 Å². The number of likely N-dealkylation sites (N-methyl/N-ethyl adjacent to an activating group) is 1. The predicted molar refractivity (Wildman–Crippen MR) is 142 cm³/mol. The highest BCUT2D eigenvalue weighted by Gasteiger charge is 2.04. The largest absolute Gasteiger partial charge is 0.508 e. The molecular formula is C30H27ClN2O2. The van der Waals surface area contributed by atoms with Crippen molar-refractivity contribution >= 4 is 11.6 Å². The van der Waals surface area contributed by atoms with E-state index in [0.29, 0.717) is 11.6 Å². The fraction of sp³-hybridized carbons (Fsp3) is 0.167. The van der Waals surface area contributed by atoms with E-state index in [0.717, 1.165) is 52.4 Å². The Morgan fingerprint density at radius 2 is 1.66 bits per heavy atom. The molecule has 4 aromatic rings. The second-order valence-corrected chi connectivity index (χ2v) is 8.86. The first-order chi connectivity index (χ1) is 17.0. The zero-order valence-corrected chi connectivity index (χ0v) is 20.6. The second kappa shape index (κ2) is 11.6. The van der Waals surface area contributed by atoms with Gasteiger partial charge in [0.25, 0.3) is 0 Å². The summed E-state index contributed by atoms with van der Waals surface area (Å²) in [6.45, 7) is 4.20. The summed E-state index contributed by atoms with van der Waals surface area (Å²) in [5, 5.41) is 10.1. The minimum atomic E-state index is 0.284. The van der Waals surface area contributed by atoms with Crippen molar-refractivity contribution in [3.63, 3.8) is 0 Å². The Morgan fingerprint density at radius 3 is 2.34 bits per heavy atom. The number of aryl methyl sites for hydroxylation is 1.